The Balaban J connectivity index is 0.00000161. The van der Waals surface area contributed by atoms with Crippen LogP contribution in [0.2, 0.25) is 0 Å². The summed E-state index contributed by atoms with van der Waals surface area (Å²) in [6.45, 7) is 3.56. The van der Waals surface area contributed by atoms with Crippen LogP contribution >= 0.6 is 12.4 Å². The lowest BCUT2D eigenvalue weighted by molar-refractivity contribution is 0.0739. The zero-order valence-corrected chi connectivity index (χ0v) is 13.1. The smallest absolute Gasteiger partial charge is 0.259 e. The molecule has 6 nitrogen and oxygen atoms in total. The Kier molecular flexibility index (Phi) is 4.80. The first-order chi connectivity index (χ1) is 9.70. The van der Waals surface area contributed by atoms with Crippen molar-refractivity contribution in [3.05, 3.63) is 29.7 Å². The fourth-order valence-corrected chi connectivity index (χ4v) is 2.82. The van der Waals surface area contributed by atoms with Gasteiger partial charge < -0.3 is 10.2 Å². The van der Waals surface area contributed by atoms with E-state index in [2.05, 4.69) is 15.4 Å². The van der Waals surface area contributed by atoms with Crippen LogP contribution < -0.4 is 5.32 Å². The molecule has 1 saturated heterocycles. The molecule has 1 N–H and O–H groups in total. The van der Waals surface area contributed by atoms with Gasteiger partial charge in [0.05, 0.1) is 6.20 Å². The van der Waals surface area contributed by atoms with Gasteiger partial charge >= 0.3 is 0 Å². The third kappa shape index (κ3) is 2.87. The summed E-state index contributed by atoms with van der Waals surface area (Å²) in [6, 6.07) is 2.15. The molecule has 3 rings (SSSR count). The number of aryl methyl sites for hydroxylation is 1. The molecule has 3 heterocycles. The molecule has 1 unspecified atom stereocenters. The summed E-state index contributed by atoms with van der Waals surface area (Å²) in [5.41, 5.74) is 2.13. The van der Waals surface area contributed by atoms with E-state index in [4.69, 9.17) is 0 Å². The molecule has 1 aliphatic rings. The van der Waals surface area contributed by atoms with E-state index >= 15 is 0 Å². The van der Waals surface area contributed by atoms with Crippen LogP contribution in [0.25, 0.3) is 5.65 Å². The van der Waals surface area contributed by atoms with E-state index in [-0.39, 0.29) is 24.4 Å². The lowest BCUT2D eigenvalue weighted by Gasteiger charge is -2.24. The van der Waals surface area contributed by atoms with Crippen molar-refractivity contribution in [1.29, 1.82) is 0 Å². The number of hydrogen-bond donors (Lipinski definition) is 1. The predicted octanol–water partition coefficient (Wildman–Crippen LogP) is 1.28. The predicted molar refractivity (Wildman–Crippen MR) is 83.0 cm³/mol. The number of likely N-dealkylation sites (N-methyl/N-ethyl adjacent to an activating group) is 1. The van der Waals surface area contributed by atoms with Gasteiger partial charge in [-0.2, -0.15) is 5.10 Å². The molecule has 1 atom stereocenters. The minimum absolute atomic E-state index is 0. The first-order valence-electron chi connectivity index (χ1n) is 6.97. The molecule has 0 bridgehead atoms. The number of rotatable bonds is 3. The van der Waals surface area contributed by atoms with Gasteiger partial charge in [0.1, 0.15) is 5.56 Å². The van der Waals surface area contributed by atoms with Gasteiger partial charge in [-0.25, -0.2) is 9.50 Å². The molecule has 0 aromatic carbocycles. The lowest BCUT2D eigenvalue weighted by atomic mass is 10.2. The molecule has 0 saturated carbocycles. The zero-order valence-electron chi connectivity index (χ0n) is 12.2. The number of halogens is 1. The summed E-state index contributed by atoms with van der Waals surface area (Å²) in [4.78, 5) is 19.1. The summed E-state index contributed by atoms with van der Waals surface area (Å²) in [5, 5.41) is 7.37. The number of nitrogens with zero attached hydrogens (tertiary/aromatic N) is 4. The molecule has 0 aliphatic carbocycles. The van der Waals surface area contributed by atoms with E-state index in [0.29, 0.717) is 11.2 Å². The molecule has 1 aliphatic heterocycles. The third-order valence-corrected chi connectivity index (χ3v) is 3.82. The summed E-state index contributed by atoms with van der Waals surface area (Å²) in [5.74, 6) is 0.0378. The molecule has 1 amide bonds. The fourth-order valence-electron chi connectivity index (χ4n) is 2.82. The highest BCUT2D eigenvalue weighted by atomic mass is 35.5. The minimum atomic E-state index is 0. The second-order valence-corrected chi connectivity index (χ2v) is 5.25. The van der Waals surface area contributed by atoms with Gasteiger partial charge in [0.2, 0.25) is 0 Å². The summed E-state index contributed by atoms with van der Waals surface area (Å²) < 4.78 is 1.66. The van der Waals surface area contributed by atoms with Crippen molar-refractivity contribution in [1.82, 2.24) is 24.8 Å². The fraction of sp³-hybridized carbons (Fsp3) is 0.500. The average molecular weight is 310 g/mol. The maximum atomic E-state index is 12.7. The number of nitrogens with one attached hydrogen (secondary N) is 1. The van der Waals surface area contributed by atoms with Crippen molar-refractivity contribution in [2.45, 2.75) is 25.8 Å². The summed E-state index contributed by atoms with van der Waals surface area (Å²) in [6.07, 6.45) is 5.57. The maximum absolute atomic E-state index is 12.7. The largest absolute Gasteiger partial charge is 0.334 e. The Bertz CT molecular complexity index is 641. The molecular formula is C14H20ClN5O. The van der Waals surface area contributed by atoms with E-state index < -0.39 is 0 Å². The highest BCUT2D eigenvalue weighted by molar-refractivity contribution is 6.00. The van der Waals surface area contributed by atoms with Crippen molar-refractivity contribution in [3.8, 4) is 0 Å². The third-order valence-electron chi connectivity index (χ3n) is 3.82. The highest BCUT2D eigenvalue weighted by Crippen LogP contribution is 2.21. The highest BCUT2D eigenvalue weighted by Gasteiger charge is 2.30. The number of aromatic nitrogens is 3. The Hall–Kier alpha value is -1.66. The molecule has 1 fully saturated rings. The molecule has 2 aromatic heterocycles. The van der Waals surface area contributed by atoms with Crippen molar-refractivity contribution in [2.75, 3.05) is 20.1 Å². The molecule has 0 spiro atoms. The van der Waals surface area contributed by atoms with Crippen LogP contribution in [-0.2, 0) is 0 Å². The van der Waals surface area contributed by atoms with Crippen molar-refractivity contribution >= 4 is 24.0 Å². The lowest BCUT2D eigenvalue weighted by Crippen LogP contribution is -2.40. The Morgan fingerprint density at radius 2 is 2.33 bits per heavy atom. The second-order valence-electron chi connectivity index (χ2n) is 5.25. The number of likely N-dealkylation sites (tertiary alicyclic amines) is 1. The van der Waals surface area contributed by atoms with E-state index in [1.54, 1.807) is 10.7 Å². The van der Waals surface area contributed by atoms with Crippen LogP contribution in [0.15, 0.2) is 18.5 Å². The van der Waals surface area contributed by atoms with Crippen LogP contribution in [0, 0.1) is 6.92 Å². The summed E-state index contributed by atoms with van der Waals surface area (Å²) in [7, 11) is 1.92. The molecule has 0 radical (unpaired) electrons. The SMILES string of the molecule is CNCC1CCCN1C(=O)c1cnn2ccc(C)nc12.Cl. The minimum Gasteiger partial charge on any atom is -0.334 e. The number of fused-ring (bicyclic) bond motifs is 1. The van der Waals surface area contributed by atoms with Gasteiger partial charge in [-0.05, 0) is 32.9 Å². The van der Waals surface area contributed by atoms with E-state index in [1.165, 1.54) is 0 Å². The van der Waals surface area contributed by atoms with Crippen molar-refractivity contribution in [3.63, 3.8) is 0 Å². The van der Waals surface area contributed by atoms with Crippen molar-refractivity contribution < 1.29 is 4.79 Å². The molecule has 21 heavy (non-hydrogen) atoms. The van der Waals surface area contributed by atoms with Gasteiger partial charge in [0.15, 0.2) is 5.65 Å². The molecule has 2 aromatic rings. The average Bonchev–Trinajstić information content (AvgIpc) is 3.04. The Morgan fingerprint density at radius 1 is 1.52 bits per heavy atom. The number of carbonyl (C=O) groups excluding carboxylic acids is 1. The standard InChI is InChI=1S/C14H19N5O.ClH/c1-10-5-7-19-13(17-10)12(9-16-19)14(20)18-6-3-4-11(18)8-15-2;/h5,7,9,11,15H,3-4,6,8H2,1-2H3;1H. The molecular weight excluding hydrogens is 290 g/mol. The van der Waals surface area contributed by atoms with Gasteiger partial charge in [-0.3, -0.25) is 4.79 Å². The van der Waals surface area contributed by atoms with E-state index in [9.17, 15) is 4.79 Å². The number of carbonyl (C=O) groups is 1. The number of hydrogen-bond acceptors (Lipinski definition) is 4. The van der Waals surface area contributed by atoms with Gasteiger partial charge in [0.25, 0.3) is 5.91 Å². The molecule has 7 heteroatoms. The summed E-state index contributed by atoms with van der Waals surface area (Å²) >= 11 is 0. The first kappa shape index (κ1) is 15.7. The maximum Gasteiger partial charge on any atom is 0.259 e. The monoisotopic (exact) mass is 309 g/mol. The molecule has 114 valence electrons. The van der Waals surface area contributed by atoms with E-state index in [1.807, 2.05) is 31.1 Å². The van der Waals surface area contributed by atoms with Gasteiger partial charge in [-0.1, -0.05) is 0 Å². The van der Waals surface area contributed by atoms with Crippen molar-refractivity contribution in [2.24, 2.45) is 0 Å². The Labute approximate surface area is 129 Å². The topological polar surface area (TPSA) is 62.5 Å². The van der Waals surface area contributed by atoms with Gasteiger partial charge in [-0.15, -0.1) is 12.4 Å². The Morgan fingerprint density at radius 3 is 3.10 bits per heavy atom. The van der Waals surface area contributed by atoms with Crippen LogP contribution in [0.5, 0.6) is 0 Å². The van der Waals surface area contributed by atoms with Crippen LogP contribution in [0.3, 0.4) is 0 Å². The van der Waals surface area contributed by atoms with Crippen LogP contribution in [0.1, 0.15) is 28.9 Å². The quantitative estimate of drug-likeness (QED) is 0.928. The van der Waals surface area contributed by atoms with Crippen LogP contribution in [0.4, 0.5) is 0 Å². The van der Waals surface area contributed by atoms with Crippen LogP contribution in [-0.4, -0.2) is 51.6 Å². The first-order valence-corrected chi connectivity index (χ1v) is 6.97. The zero-order chi connectivity index (χ0) is 14.1. The second kappa shape index (κ2) is 6.41. The normalized spacial score (nSPS) is 18.0. The number of amides is 1. The van der Waals surface area contributed by atoms with E-state index in [0.717, 1.165) is 31.6 Å². The van der Waals surface area contributed by atoms with Gasteiger partial charge in [0, 0.05) is 31.0 Å².